The summed E-state index contributed by atoms with van der Waals surface area (Å²) in [6.45, 7) is 5.24. The Labute approximate surface area is 121 Å². The van der Waals surface area contributed by atoms with Crippen LogP contribution in [0, 0.1) is 15.3 Å². The van der Waals surface area contributed by atoms with E-state index < -0.39 is 0 Å². The highest BCUT2D eigenvalue weighted by atomic mass is 127. The van der Waals surface area contributed by atoms with Crippen LogP contribution in [0.3, 0.4) is 0 Å². The van der Waals surface area contributed by atoms with Crippen molar-refractivity contribution in [2.24, 2.45) is 5.92 Å². The summed E-state index contributed by atoms with van der Waals surface area (Å²) in [6, 6.07) is 5.38. The number of anilines is 1. The van der Waals surface area contributed by atoms with E-state index in [2.05, 4.69) is 39.7 Å². The maximum Gasteiger partial charge on any atom is 0.138 e. The molecule has 1 aromatic rings. The Kier molecular flexibility index (Phi) is 3.26. The van der Waals surface area contributed by atoms with Gasteiger partial charge in [-0.25, -0.2) is 4.39 Å². The highest BCUT2D eigenvalue weighted by Crippen LogP contribution is 2.41. The van der Waals surface area contributed by atoms with E-state index in [9.17, 15) is 4.39 Å². The van der Waals surface area contributed by atoms with Gasteiger partial charge < -0.3 is 10.2 Å². The molecule has 0 bridgehead atoms. The predicted octanol–water partition coefficient (Wildman–Crippen LogP) is 3.01. The average Bonchev–Trinajstić information content (AvgIpc) is 3.17. The largest absolute Gasteiger partial charge is 0.367 e. The second kappa shape index (κ2) is 4.63. The molecule has 0 spiro atoms. The third-order valence-corrected chi connectivity index (χ3v) is 5.25. The van der Waals surface area contributed by atoms with Crippen LogP contribution in [0.5, 0.6) is 0 Å². The van der Waals surface area contributed by atoms with Crippen molar-refractivity contribution in [3.05, 3.63) is 27.6 Å². The third-order valence-electron chi connectivity index (χ3n) is 4.18. The Bertz CT molecular complexity index is 461. The molecule has 3 rings (SSSR count). The standard InChI is InChI=1S/C14H18FIN2/c1-14(10-5-6-10)9-18(8-7-17-14)12-4-2-3-11(15)13(12)16/h2-4,10,17H,5-9H2,1H3. The minimum Gasteiger partial charge on any atom is -0.367 e. The van der Waals surface area contributed by atoms with Crippen LogP contribution in [0.15, 0.2) is 18.2 Å². The molecule has 1 atom stereocenters. The number of nitrogens with one attached hydrogen (secondary N) is 1. The molecule has 2 aliphatic rings. The summed E-state index contributed by atoms with van der Waals surface area (Å²) in [5.41, 5.74) is 1.25. The molecule has 1 aromatic carbocycles. The summed E-state index contributed by atoms with van der Waals surface area (Å²) in [6.07, 6.45) is 2.66. The maximum absolute atomic E-state index is 13.6. The first-order valence-electron chi connectivity index (χ1n) is 6.54. The summed E-state index contributed by atoms with van der Waals surface area (Å²) >= 11 is 2.11. The minimum absolute atomic E-state index is 0.111. The van der Waals surface area contributed by atoms with Crippen molar-refractivity contribution in [3.63, 3.8) is 0 Å². The number of nitrogens with zero attached hydrogens (tertiary/aromatic N) is 1. The van der Waals surface area contributed by atoms with E-state index in [0.717, 1.165) is 34.8 Å². The van der Waals surface area contributed by atoms with Gasteiger partial charge in [-0.1, -0.05) is 6.07 Å². The number of piperazine rings is 1. The second-order valence-corrected chi connectivity index (χ2v) is 6.69. The lowest BCUT2D eigenvalue weighted by molar-refractivity contribution is 0.285. The van der Waals surface area contributed by atoms with Gasteiger partial charge in [0.1, 0.15) is 5.82 Å². The molecule has 1 saturated heterocycles. The molecule has 0 aromatic heterocycles. The van der Waals surface area contributed by atoms with Gasteiger partial charge in [0.05, 0.1) is 9.26 Å². The van der Waals surface area contributed by atoms with Crippen LogP contribution >= 0.6 is 22.6 Å². The molecule has 1 N–H and O–H groups in total. The van der Waals surface area contributed by atoms with Crippen LogP contribution in [0.25, 0.3) is 0 Å². The molecule has 18 heavy (non-hydrogen) atoms. The average molecular weight is 360 g/mol. The molecule has 1 aliphatic carbocycles. The summed E-state index contributed by atoms with van der Waals surface area (Å²) in [4.78, 5) is 2.33. The minimum atomic E-state index is -0.111. The molecule has 1 unspecified atom stereocenters. The summed E-state index contributed by atoms with van der Waals surface area (Å²) < 4.78 is 14.4. The molecule has 2 fully saturated rings. The van der Waals surface area contributed by atoms with Crippen molar-refractivity contribution >= 4 is 28.3 Å². The predicted molar refractivity (Wildman–Crippen MR) is 80.5 cm³/mol. The van der Waals surface area contributed by atoms with Crippen molar-refractivity contribution in [1.82, 2.24) is 5.32 Å². The van der Waals surface area contributed by atoms with E-state index in [1.165, 1.54) is 18.9 Å². The summed E-state index contributed by atoms with van der Waals surface area (Å²) in [5, 5.41) is 3.65. The van der Waals surface area contributed by atoms with E-state index in [4.69, 9.17) is 0 Å². The first-order valence-corrected chi connectivity index (χ1v) is 7.62. The molecule has 1 saturated carbocycles. The topological polar surface area (TPSA) is 15.3 Å². The lowest BCUT2D eigenvalue weighted by atomic mass is 9.92. The molecule has 98 valence electrons. The molecule has 1 heterocycles. The zero-order chi connectivity index (χ0) is 12.8. The van der Waals surface area contributed by atoms with Gasteiger partial charge in [0.2, 0.25) is 0 Å². The summed E-state index contributed by atoms with van der Waals surface area (Å²) in [7, 11) is 0. The lowest BCUT2D eigenvalue weighted by Gasteiger charge is -2.43. The van der Waals surface area contributed by atoms with E-state index in [1.54, 1.807) is 0 Å². The molecule has 0 radical (unpaired) electrons. The number of rotatable bonds is 2. The highest BCUT2D eigenvalue weighted by molar-refractivity contribution is 14.1. The molecule has 2 nitrogen and oxygen atoms in total. The second-order valence-electron chi connectivity index (χ2n) is 5.61. The van der Waals surface area contributed by atoms with Gasteiger partial charge >= 0.3 is 0 Å². The molecule has 4 heteroatoms. The van der Waals surface area contributed by atoms with Crippen molar-refractivity contribution in [2.45, 2.75) is 25.3 Å². The van der Waals surface area contributed by atoms with Crippen molar-refractivity contribution < 1.29 is 4.39 Å². The smallest absolute Gasteiger partial charge is 0.138 e. The third kappa shape index (κ3) is 2.25. The molecular formula is C14H18FIN2. The van der Waals surface area contributed by atoms with Crippen molar-refractivity contribution in [1.29, 1.82) is 0 Å². The van der Waals surface area contributed by atoms with E-state index in [-0.39, 0.29) is 11.4 Å². The van der Waals surface area contributed by atoms with Crippen LogP contribution in [-0.4, -0.2) is 25.2 Å². The normalized spacial score (nSPS) is 28.5. The van der Waals surface area contributed by atoms with Crippen LogP contribution in [0.1, 0.15) is 19.8 Å². The zero-order valence-electron chi connectivity index (χ0n) is 10.5. The molecular weight excluding hydrogens is 342 g/mol. The van der Waals surface area contributed by atoms with E-state index >= 15 is 0 Å². The fraction of sp³-hybridized carbons (Fsp3) is 0.571. The first-order chi connectivity index (χ1) is 8.60. The van der Waals surface area contributed by atoms with Crippen LogP contribution in [-0.2, 0) is 0 Å². The quantitative estimate of drug-likeness (QED) is 0.816. The number of hydrogen-bond acceptors (Lipinski definition) is 2. The Morgan fingerprint density at radius 1 is 1.44 bits per heavy atom. The van der Waals surface area contributed by atoms with Gasteiger partial charge in [-0.05, 0) is 60.4 Å². The molecule has 1 aliphatic heterocycles. The van der Waals surface area contributed by atoms with Gasteiger partial charge in [-0.3, -0.25) is 0 Å². The molecule has 0 amide bonds. The maximum atomic E-state index is 13.6. The first kappa shape index (κ1) is 12.7. The van der Waals surface area contributed by atoms with Crippen molar-refractivity contribution in [3.8, 4) is 0 Å². The van der Waals surface area contributed by atoms with E-state index in [1.807, 2.05) is 12.1 Å². The van der Waals surface area contributed by atoms with Gasteiger partial charge in [0.25, 0.3) is 0 Å². The zero-order valence-corrected chi connectivity index (χ0v) is 12.7. The highest BCUT2D eigenvalue weighted by Gasteiger charge is 2.44. The fourth-order valence-corrected chi connectivity index (χ4v) is 3.64. The number of halogens is 2. The SMILES string of the molecule is CC1(C2CC2)CN(c2cccc(F)c2I)CCN1. The number of hydrogen-bond donors (Lipinski definition) is 1. The Hall–Kier alpha value is -0.360. The Balaban J connectivity index is 1.85. The van der Waals surface area contributed by atoms with Gasteiger partial charge in [0, 0.05) is 25.2 Å². The van der Waals surface area contributed by atoms with Crippen LogP contribution in [0.4, 0.5) is 10.1 Å². The lowest BCUT2D eigenvalue weighted by Crippen LogP contribution is -2.60. The fourth-order valence-electron chi connectivity index (χ4n) is 2.94. The van der Waals surface area contributed by atoms with Gasteiger partial charge in [-0.2, -0.15) is 0 Å². The van der Waals surface area contributed by atoms with Crippen LogP contribution < -0.4 is 10.2 Å². The summed E-state index contributed by atoms with van der Waals surface area (Å²) in [5.74, 6) is 0.686. The monoisotopic (exact) mass is 360 g/mol. The van der Waals surface area contributed by atoms with Crippen molar-refractivity contribution in [2.75, 3.05) is 24.5 Å². The number of benzene rings is 1. The van der Waals surface area contributed by atoms with Gasteiger partial charge in [-0.15, -0.1) is 0 Å². The van der Waals surface area contributed by atoms with Crippen LogP contribution in [0.2, 0.25) is 0 Å². The van der Waals surface area contributed by atoms with E-state index in [0.29, 0.717) is 0 Å². The van der Waals surface area contributed by atoms with Gasteiger partial charge in [0.15, 0.2) is 0 Å². The Morgan fingerprint density at radius 2 is 2.22 bits per heavy atom. The Morgan fingerprint density at radius 3 is 2.94 bits per heavy atom.